The smallest absolute Gasteiger partial charge is 0.141 e. The zero-order valence-electron chi connectivity index (χ0n) is 8.61. The van der Waals surface area contributed by atoms with E-state index >= 15 is 0 Å². The molecule has 4 bridgehead atoms. The molecule has 4 rings (SSSR count). The van der Waals surface area contributed by atoms with Crippen LogP contribution in [0.15, 0.2) is 12.2 Å². The summed E-state index contributed by atoms with van der Waals surface area (Å²) in [6.45, 7) is 0. The summed E-state index contributed by atoms with van der Waals surface area (Å²) >= 11 is 0. The number of carbonyl (C=O) groups is 2. The average molecular weight is 202 g/mol. The Morgan fingerprint density at radius 1 is 1.00 bits per heavy atom. The van der Waals surface area contributed by atoms with Gasteiger partial charge in [0.15, 0.2) is 0 Å². The number of carbonyl (C=O) groups excluding carboxylic acids is 2. The minimum atomic E-state index is 0.0498. The number of hydrogen-bond acceptors (Lipinski definition) is 2. The minimum Gasteiger partial charge on any atom is -0.300 e. The molecule has 4 atom stereocenters. The average Bonchev–Trinajstić information content (AvgIpc) is 2.86. The maximum atomic E-state index is 12.1. The summed E-state index contributed by atoms with van der Waals surface area (Å²) in [6, 6.07) is 0. The van der Waals surface area contributed by atoms with Gasteiger partial charge in [0.25, 0.3) is 0 Å². The molecule has 4 aliphatic rings. The molecule has 4 aliphatic carbocycles. The molecular weight excluding hydrogens is 188 g/mol. The number of fused-ring (bicyclic) bond motifs is 4. The predicted octanol–water partition coefficient (Wildman–Crippen LogP) is 1.75. The van der Waals surface area contributed by atoms with Gasteiger partial charge in [-0.15, -0.1) is 0 Å². The van der Waals surface area contributed by atoms with E-state index in [4.69, 9.17) is 0 Å². The van der Waals surface area contributed by atoms with Crippen LogP contribution in [0, 0.1) is 29.1 Å². The topological polar surface area (TPSA) is 34.1 Å². The molecule has 1 spiro atoms. The Hall–Kier alpha value is -0.920. The molecule has 3 saturated carbocycles. The molecule has 0 aromatic carbocycles. The molecule has 0 heterocycles. The fourth-order valence-electron chi connectivity index (χ4n) is 4.38. The molecule has 0 radical (unpaired) electrons. The van der Waals surface area contributed by atoms with Crippen molar-refractivity contribution in [1.29, 1.82) is 0 Å². The summed E-state index contributed by atoms with van der Waals surface area (Å²) in [4.78, 5) is 23.7. The van der Waals surface area contributed by atoms with E-state index in [1.54, 1.807) is 0 Å². The lowest BCUT2D eigenvalue weighted by Gasteiger charge is -2.44. The van der Waals surface area contributed by atoms with Crippen LogP contribution in [-0.2, 0) is 9.59 Å². The van der Waals surface area contributed by atoms with E-state index in [1.807, 2.05) is 0 Å². The highest BCUT2D eigenvalue weighted by Crippen LogP contribution is 2.70. The summed E-state index contributed by atoms with van der Waals surface area (Å²) in [5.41, 5.74) is 0.434. The molecule has 78 valence electrons. The Balaban J connectivity index is 1.86. The fourth-order valence-corrected chi connectivity index (χ4v) is 4.38. The zero-order chi connectivity index (χ0) is 10.2. The SMILES string of the molecule is O=C1C[C@@H]2C(=O)[C@H](C1)[C@H]1C=C[C@@H]2C12CC2. The second-order valence-electron chi connectivity index (χ2n) is 5.73. The lowest BCUT2D eigenvalue weighted by atomic mass is 9.58. The van der Waals surface area contributed by atoms with E-state index < -0.39 is 0 Å². The van der Waals surface area contributed by atoms with Crippen LogP contribution in [0.5, 0.6) is 0 Å². The molecule has 15 heavy (non-hydrogen) atoms. The molecule has 2 nitrogen and oxygen atoms in total. The standard InChI is InChI=1S/C13H14O2/c14-7-5-8-10-1-2-11(13(10)3-4-13)9(6-7)12(8)15/h1-2,8-11H,3-6H2/t8-,9+,10-,11+. The van der Waals surface area contributed by atoms with Crippen LogP contribution in [0.1, 0.15) is 25.7 Å². The third-order valence-electron chi connectivity index (χ3n) is 5.17. The van der Waals surface area contributed by atoms with E-state index in [9.17, 15) is 9.59 Å². The number of ketones is 2. The van der Waals surface area contributed by atoms with Gasteiger partial charge in [-0.1, -0.05) is 12.2 Å². The molecular formula is C13H14O2. The quantitative estimate of drug-likeness (QED) is 0.561. The van der Waals surface area contributed by atoms with Gasteiger partial charge in [-0.2, -0.15) is 0 Å². The highest BCUT2D eigenvalue weighted by atomic mass is 16.1. The van der Waals surface area contributed by atoms with E-state index in [0.29, 0.717) is 41.7 Å². The van der Waals surface area contributed by atoms with Gasteiger partial charge in [0.1, 0.15) is 11.6 Å². The largest absolute Gasteiger partial charge is 0.300 e. The Morgan fingerprint density at radius 2 is 1.53 bits per heavy atom. The second-order valence-corrected chi connectivity index (χ2v) is 5.73. The molecule has 3 fully saturated rings. The maximum absolute atomic E-state index is 12.1. The van der Waals surface area contributed by atoms with Crippen LogP contribution in [0.25, 0.3) is 0 Å². The Labute approximate surface area is 88.7 Å². The van der Waals surface area contributed by atoms with Crippen molar-refractivity contribution in [3.8, 4) is 0 Å². The molecule has 0 aromatic heterocycles. The van der Waals surface area contributed by atoms with Crippen molar-refractivity contribution in [1.82, 2.24) is 0 Å². The van der Waals surface area contributed by atoms with E-state index in [-0.39, 0.29) is 11.8 Å². The summed E-state index contributed by atoms with van der Waals surface area (Å²) in [5, 5.41) is 0. The number of allylic oxidation sites excluding steroid dienone is 2. The summed E-state index contributed by atoms with van der Waals surface area (Å²) in [5.74, 6) is 1.64. The van der Waals surface area contributed by atoms with E-state index in [2.05, 4.69) is 12.2 Å². The monoisotopic (exact) mass is 202 g/mol. The molecule has 0 unspecified atom stereocenters. The highest BCUT2D eigenvalue weighted by Gasteiger charge is 2.66. The predicted molar refractivity (Wildman–Crippen MR) is 54.0 cm³/mol. The van der Waals surface area contributed by atoms with Gasteiger partial charge in [0.2, 0.25) is 0 Å². The van der Waals surface area contributed by atoms with E-state index in [1.165, 1.54) is 12.8 Å². The van der Waals surface area contributed by atoms with E-state index in [0.717, 1.165) is 0 Å². The van der Waals surface area contributed by atoms with Crippen molar-refractivity contribution in [3.05, 3.63) is 12.2 Å². The number of hydrogen-bond donors (Lipinski definition) is 0. The van der Waals surface area contributed by atoms with Crippen molar-refractivity contribution in [2.24, 2.45) is 29.1 Å². The van der Waals surface area contributed by atoms with Gasteiger partial charge in [-0.05, 0) is 30.1 Å². The number of Topliss-reactive ketones (excluding diaryl/α,β-unsaturated/α-hetero) is 2. The van der Waals surface area contributed by atoms with Crippen molar-refractivity contribution in [2.45, 2.75) is 25.7 Å². The zero-order valence-corrected chi connectivity index (χ0v) is 8.61. The molecule has 0 saturated heterocycles. The Morgan fingerprint density at radius 3 is 2.00 bits per heavy atom. The van der Waals surface area contributed by atoms with Crippen molar-refractivity contribution >= 4 is 11.6 Å². The minimum absolute atomic E-state index is 0.0498. The summed E-state index contributed by atoms with van der Waals surface area (Å²) < 4.78 is 0. The van der Waals surface area contributed by atoms with Gasteiger partial charge in [-0.3, -0.25) is 9.59 Å². The van der Waals surface area contributed by atoms with Crippen molar-refractivity contribution in [2.75, 3.05) is 0 Å². The van der Waals surface area contributed by atoms with Crippen LogP contribution >= 0.6 is 0 Å². The fraction of sp³-hybridized carbons (Fsp3) is 0.692. The number of rotatable bonds is 0. The Kier molecular flexibility index (Phi) is 1.24. The highest BCUT2D eigenvalue weighted by molar-refractivity contribution is 5.98. The van der Waals surface area contributed by atoms with Crippen LogP contribution in [0.4, 0.5) is 0 Å². The Bertz CT molecular complexity index is 373. The first kappa shape index (κ1) is 8.26. The molecule has 0 aliphatic heterocycles. The van der Waals surface area contributed by atoms with Gasteiger partial charge in [0, 0.05) is 24.7 Å². The second kappa shape index (κ2) is 2.26. The van der Waals surface area contributed by atoms with Gasteiger partial charge >= 0.3 is 0 Å². The first-order valence-electron chi connectivity index (χ1n) is 5.96. The van der Waals surface area contributed by atoms with Crippen LogP contribution < -0.4 is 0 Å². The summed E-state index contributed by atoms with van der Waals surface area (Å²) in [6.07, 6.45) is 8.11. The lowest BCUT2D eigenvalue weighted by Crippen LogP contribution is -2.48. The summed E-state index contributed by atoms with van der Waals surface area (Å²) in [7, 11) is 0. The van der Waals surface area contributed by atoms with Crippen LogP contribution in [0.3, 0.4) is 0 Å². The third-order valence-corrected chi connectivity index (χ3v) is 5.17. The van der Waals surface area contributed by atoms with Gasteiger partial charge in [-0.25, -0.2) is 0 Å². The molecule has 0 aromatic rings. The van der Waals surface area contributed by atoms with Crippen LogP contribution in [0.2, 0.25) is 0 Å². The van der Waals surface area contributed by atoms with Gasteiger partial charge < -0.3 is 0 Å². The lowest BCUT2D eigenvalue weighted by molar-refractivity contribution is -0.146. The third kappa shape index (κ3) is 0.790. The van der Waals surface area contributed by atoms with Gasteiger partial charge in [0.05, 0.1) is 0 Å². The maximum Gasteiger partial charge on any atom is 0.141 e. The molecule has 0 amide bonds. The molecule has 0 N–H and O–H groups in total. The first-order valence-corrected chi connectivity index (χ1v) is 5.96. The van der Waals surface area contributed by atoms with Crippen molar-refractivity contribution < 1.29 is 9.59 Å². The van der Waals surface area contributed by atoms with Crippen LogP contribution in [-0.4, -0.2) is 11.6 Å². The first-order chi connectivity index (χ1) is 7.22. The molecule has 2 heteroatoms. The normalized spacial score (nSPS) is 48.8. The van der Waals surface area contributed by atoms with Crippen molar-refractivity contribution in [3.63, 3.8) is 0 Å².